The van der Waals surface area contributed by atoms with E-state index in [0.717, 1.165) is 6.42 Å². The highest BCUT2D eigenvalue weighted by Gasteiger charge is 2.33. The molecule has 0 bridgehead atoms. The van der Waals surface area contributed by atoms with Gasteiger partial charge in [0.25, 0.3) is 5.91 Å². The lowest BCUT2D eigenvalue weighted by atomic mass is 9.93. The quantitative estimate of drug-likeness (QED) is 0.861. The minimum atomic E-state index is -3.88. The third-order valence-electron chi connectivity index (χ3n) is 3.74. The monoisotopic (exact) mass is 374 g/mol. The van der Waals surface area contributed by atoms with E-state index in [1.54, 1.807) is 17.9 Å². The Balaban J connectivity index is 2.42. The van der Waals surface area contributed by atoms with Crippen LogP contribution < -0.4 is 5.14 Å². The summed E-state index contributed by atoms with van der Waals surface area (Å²) in [4.78, 5) is 14.3. The van der Waals surface area contributed by atoms with E-state index in [1.807, 2.05) is 0 Å². The van der Waals surface area contributed by atoms with Crippen LogP contribution in [-0.2, 0) is 10.0 Å². The van der Waals surface area contributed by atoms with Gasteiger partial charge in [0.2, 0.25) is 10.0 Å². The van der Waals surface area contributed by atoms with Crippen molar-refractivity contribution in [3.63, 3.8) is 0 Å². The third kappa shape index (κ3) is 3.46. The molecule has 0 aromatic heterocycles. The number of nitrogens with zero attached hydrogens (tertiary/aromatic N) is 1. The van der Waals surface area contributed by atoms with Crippen molar-refractivity contribution in [2.75, 3.05) is 13.1 Å². The van der Waals surface area contributed by atoms with E-state index in [4.69, 9.17) is 5.14 Å². The van der Waals surface area contributed by atoms with E-state index >= 15 is 0 Å². The highest BCUT2D eigenvalue weighted by Crippen LogP contribution is 2.31. The van der Waals surface area contributed by atoms with Gasteiger partial charge in [0.05, 0.1) is 4.90 Å². The molecule has 1 amide bonds. The minimum Gasteiger partial charge on any atom is -0.338 e. The molecule has 0 saturated carbocycles. The Morgan fingerprint density at radius 3 is 2.48 bits per heavy atom. The van der Waals surface area contributed by atoms with Crippen molar-refractivity contribution in [3.05, 3.63) is 27.7 Å². The number of primary sulfonamides is 1. The van der Waals surface area contributed by atoms with Gasteiger partial charge in [-0.25, -0.2) is 13.6 Å². The average Bonchev–Trinajstić information content (AvgIpc) is 2.70. The molecule has 1 saturated heterocycles. The summed E-state index contributed by atoms with van der Waals surface area (Å²) in [6, 6.07) is 3.03. The van der Waals surface area contributed by atoms with Crippen molar-refractivity contribution in [3.8, 4) is 0 Å². The van der Waals surface area contributed by atoms with Crippen molar-refractivity contribution < 1.29 is 13.2 Å². The van der Waals surface area contributed by atoms with E-state index in [2.05, 4.69) is 29.8 Å². The summed E-state index contributed by atoms with van der Waals surface area (Å²) in [7, 11) is -3.88. The number of aryl methyl sites for hydroxylation is 1. The molecular weight excluding hydrogens is 356 g/mol. The van der Waals surface area contributed by atoms with Gasteiger partial charge in [-0.15, -0.1) is 0 Å². The summed E-state index contributed by atoms with van der Waals surface area (Å²) in [6.07, 6.45) is 0.941. The standard InChI is InChI=1S/C14H19BrN2O3S/c1-9-6-10(7-11(12(9)15)21(16,19)20)13(18)17-5-4-14(2,3)8-17/h6-7H,4-5,8H2,1-3H3,(H2,16,19,20). The number of likely N-dealkylation sites (tertiary alicyclic amines) is 1. The van der Waals surface area contributed by atoms with Crippen LogP contribution in [0.25, 0.3) is 0 Å². The van der Waals surface area contributed by atoms with E-state index < -0.39 is 10.0 Å². The SMILES string of the molecule is Cc1cc(C(=O)N2CCC(C)(C)C2)cc(S(N)(=O)=O)c1Br. The zero-order chi connectivity index (χ0) is 16.0. The molecular formula is C14H19BrN2O3S. The van der Waals surface area contributed by atoms with Crippen molar-refractivity contribution >= 4 is 31.9 Å². The van der Waals surface area contributed by atoms with Crippen LogP contribution in [0.3, 0.4) is 0 Å². The number of benzene rings is 1. The van der Waals surface area contributed by atoms with Crippen LogP contribution in [0.1, 0.15) is 36.2 Å². The number of hydrogen-bond donors (Lipinski definition) is 1. The van der Waals surface area contributed by atoms with Gasteiger partial charge in [0, 0.05) is 23.1 Å². The first-order chi connectivity index (χ1) is 9.51. The highest BCUT2D eigenvalue weighted by atomic mass is 79.9. The molecule has 116 valence electrons. The first-order valence-electron chi connectivity index (χ1n) is 6.63. The topological polar surface area (TPSA) is 80.5 Å². The Morgan fingerprint density at radius 2 is 2.00 bits per heavy atom. The summed E-state index contributed by atoms with van der Waals surface area (Å²) < 4.78 is 23.7. The average molecular weight is 375 g/mol. The fourth-order valence-corrected chi connectivity index (χ4v) is 4.14. The number of carbonyl (C=O) groups excluding carboxylic acids is 1. The van der Waals surface area contributed by atoms with Crippen LogP contribution in [0.4, 0.5) is 0 Å². The van der Waals surface area contributed by atoms with Gasteiger partial charge < -0.3 is 4.90 Å². The summed E-state index contributed by atoms with van der Waals surface area (Å²) in [5.74, 6) is -0.152. The molecule has 2 rings (SSSR count). The zero-order valence-corrected chi connectivity index (χ0v) is 14.7. The molecule has 0 atom stereocenters. The van der Waals surface area contributed by atoms with Gasteiger partial charge in [-0.05, 0) is 52.4 Å². The summed E-state index contributed by atoms with van der Waals surface area (Å²) >= 11 is 3.22. The number of halogens is 1. The number of sulfonamides is 1. The normalized spacial score (nSPS) is 18.0. The molecule has 0 aliphatic carbocycles. The predicted octanol–water partition coefficient (Wildman–Crippen LogP) is 2.28. The smallest absolute Gasteiger partial charge is 0.253 e. The molecule has 2 N–H and O–H groups in total. The Kier molecular flexibility index (Phi) is 4.21. The molecule has 21 heavy (non-hydrogen) atoms. The highest BCUT2D eigenvalue weighted by molar-refractivity contribution is 9.10. The number of rotatable bonds is 2. The van der Waals surface area contributed by atoms with Crippen LogP contribution in [0.2, 0.25) is 0 Å². The molecule has 1 aliphatic rings. The second-order valence-electron chi connectivity index (χ2n) is 6.29. The largest absolute Gasteiger partial charge is 0.338 e. The number of amides is 1. The summed E-state index contributed by atoms with van der Waals surface area (Å²) in [6.45, 7) is 7.33. The van der Waals surface area contributed by atoms with Crippen LogP contribution in [-0.4, -0.2) is 32.3 Å². The van der Waals surface area contributed by atoms with Crippen molar-refractivity contribution in [2.24, 2.45) is 10.6 Å². The lowest BCUT2D eigenvalue weighted by molar-refractivity contribution is 0.0778. The summed E-state index contributed by atoms with van der Waals surface area (Å²) in [5, 5.41) is 5.21. The molecule has 1 aromatic carbocycles. The number of carbonyl (C=O) groups is 1. The first-order valence-corrected chi connectivity index (χ1v) is 8.97. The minimum absolute atomic E-state index is 0.0516. The lowest BCUT2D eigenvalue weighted by Gasteiger charge is -2.20. The fourth-order valence-electron chi connectivity index (χ4n) is 2.54. The fraction of sp³-hybridized carbons (Fsp3) is 0.500. The molecule has 5 nitrogen and oxygen atoms in total. The molecule has 0 radical (unpaired) electrons. The zero-order valence-electron chi connectivity index (χ0n) is 12.3. The Labute approximate surface area is 133 Å². The predicted molar refractivity (Wildman–Crippen MR) is 84.6 cm³/mol. The van der Waals surface area contributed by atoms with Gasteiger partial charge in [-0.2, -0.15) is 0 Å². The van der Waals surface area contributed by atoms with Gasteiger partial charge in [-0.3, -0.25) is 4.79 Å². The van der Waals surface area contributed by atoms with Crippen LogP contribution in [0, 0.1) is 12.3 Å². The Morgan fingerprint density at radius 1 is 1.38 bits per heavy atom. The van der Waals surface area contributed by atoms with E-state index in [-0.39, 0.29) is 16.2 Å². The van der Waals surface area contributed by atoms with Crippen LogP contribution in [0.5, 0.6) is 0 Å². The molecule has 1 aliphatic heterocycles. The molecule has 1 aromatic rings. The Hall–Kier alpha value is -0.920. The first kappa shape index (κ1) is 16.5. The maximum Gasteiger partial charge on any atom is 0.253 e. The third-order valence-corrected chi connectivity index (χ3v) is 5.99. The number of hydrogen-bond acceptors (Lipinski definition) is 3. The lowest BCUT2D eigenvalue weighted by Crippen LogP contribution is -2.30. The molecule has 1 heterocycles. The van der Waals surface area contributed by atoms with Crippen molar-refractivity contribution in [2.45, 2.75) is 32.1 Å². The molecule has 7 heteroatoms. The van der Waals surface area contributed by atoms with E-state index in [0.29, 0.717) is 28.7 Å². The number of nitrogens with two attached hydrogens (primary N) is 1. The second kappa shape index (κ2) is 5.37. The van der Waals surface area contributed by atoms with Gasteiger partial charge >= 0.3 is 0 Å². The summed E-state index contributed by atoms with van der Waals surface area (Å²) in [5.41, 5.74) is 1.13. The van der Waals surface area contributed by atoms with Crippen molar-refractivity contribution in [1.82, 2.24) is 4.90 Å². The maximum absolute atomic E-state index is 12.6. The van der Waals surface area contributed by atoms with E-state index in [9.17, 15) is 13.2 Å². The maximum atomic E-state index is 12.6. The van der Waals surface area contributed by atoms with Gasteiger partial charge in [-0.1, -0.05) is 13.8 Å². The molecule has 1 fully saturated rings. The molecule has 0 unspecified atom stereocenters. The van der Waals surface area contributed by atoms with E-state index in [1.165, 1.54) is 6.07 Å². The van der Waals surface area contributed by atoms with Crippen LogP contribution >= 0.6 is 15.9 Å². The van der Waals surface area contributed by atoms with Crippen LogP contribution in [0.15, 0.2) is 21.5 Å². The van der Waals surface area contributed by atoms with Crippen molar-refractivity contribution in [1.29, 1.82) is 0 Å². The molecule has 0 spiro atoms. The second-order valence-corrected chi connectivity index (χ2v) is 8.61. The van der Waals surface area contributed by atoms with Gasteiger partial charge in [0.15, 0.2) is 0 Å². The van der Waals surface area contributed by atoms with Gasteiger partial charge in [0.1, 0.15) is 0 Å². The Bertz CT molecular complexity index is 698.